The highest BCUT2D eigenvalue weighted by molar-refractivity contribution is 5.87. The summed E-state index contributed by atoms with van der Waals surface area (Å²) in [6.07, 6.45) is -0.0476. The highest BCUT2D eigenvalue weighted by Crippen LogP contribution is 2.44. The summed E-state index contributed by atoms with van der Waals surface area (Å²) >= 11 is 0. The molecule has 2 aliphatic rings. The average Bonchev–Trinajstić information content (AvgIpc) is 3.61. The van der Waals surface area contributed by atoms with E-state index in [0.717, 1.165) is 22.3 Å². The second-order valence-corrected chi connectivity index (χ2v) is 9.44. The van der Waals surface area contributed by atoms with Gasteiger partial charge in [-0.3, -0.25) is 4.79 Å². The number of alkyl halides is 2. The van der Waals surface area contributed by atoms with E-state index in [-0.39, 0.29) is 12.5 Å². The number of alkyl carbamates (subject to hydrolysis) is 1. The number of carboxylic acid groups (broad SMARTS) is 1. The number of hydrogen-bond acceptors (Lipinski definition) is 4. The number of carbonyl (C=O) groups is 3. The molecule has 0 radical (unpaired) electrons. The van der Waals surface area contributed by atoms with Crippen LogP contribution in [0.3, 0.4) is 0 Å². The van der Waals surface area contributed by atoms with Crippen LogP contribution in [-0.2, 0) is 14.3 Å². The lowest BCUT2D eigenvalue weighted by Gasteiger charge is -2.28. The summed E-state index contributed by atoms with van der Waals surface area (Å²) in [4.78, 5) is 36.5. The van der Waals surface area contributed by atoms with Gasteiger partial charge in [0.2, 0.25) is 5.91 Å². The molecule has 0 spiro atoms. The average molecular weight is 487 g/mol. The fourth-order valence-corrected chi connectivity index (χ4v) is 4.61. The van der Waals surface area contributed by atoms with Gasteiger partial charge in [0.1, 0.15) is 18.7 Å². The number of amides is 2. The Labute approximate surface area is 201 Å². The number of nitrogens with one attached hydrogen (secondary N) is 2. The summed E-state index contributed by atoms with van der Waals surface area (Å²) in [5, 5.41) is 13.6. The van der Waals surface area contributed by atoms with Gasteiger partial charge in [-0.1, -0.05) is 62.4 Å². The summed E-state index contributed by atoms with van der Waals surface area (Å²) in [6, 6.07) is 12.7. The first-order valence-corrected chi connectivity index (χ1v) is 11.6. The van der Waals surface area contributed by atoms with Crippen LogP contribution in [-0.4, -0.2) is 47.7 Å². The Morgan fingerprint density at radius 2 is 1.54 bits per heavy atom. The molecule has 1 saturated carbocycles. The van der Waals surface area contributed by atoms with Crippen molar-refractivity contribution in [1.82, 2.24) is 10.6 Å². The Balaban J connectivity index is 1.42. The Kier molecular flexibility index (Phi) is 6.78. The van der Waals surface area contributed by atoms with Crippen molar-refractivity contribution in [3.63, 3.8) is 0 Å². The number of carbonyl (C=O) groups excluding carboxylic acids is 2. The third-order valence-electron chi connectivity index (χ3n) is 6.63. The third kappa shape index (κ3) is 4.99. The van der Waals surface area contributed by atoms with Crippen LogP contribution in [0.25, 0.3) is 11.1 Å². The minimum Gasteiger partial charge on any atom is -0.477 e. The van der Waals surface area contributed by atoms with E-state index in [2.05, 4.69) is 10.6 Å². The van der Waals surface area contributed by atoms with Gasteiger partial charge in [-0.05, 0) is 46.9 Å². The van der Waals surface area contributed by atoms with E-state index in [9.17, 15) is 23.2 Å². The lowest BCUT2D eigenvalue weighted by atomic mass is 9.98. The maximum Gasteiger partial charge on any atom is 0.407 e. The van der Waals surface area contributed by atoms with E-state index in [4.69, 9.17) is 9.84 Å². The smallest absolute Gasteiger partial charge is 0.407 e. The standard InChI is InChI=1S/C26H28F2N2O5/c1-14(2)21(23(31)30-22(15-11-12-15)26(27,28)24(32)33)29-25(34)35-13-20-18-9-5-3-7-16(18)17-8-4-6-10-19(17)20/h3-10,14-15,20-22H,11-13H2,1-2H3,(H,29,34)(H,30,31)(H,32,33). The van der Waals surface area contributed by atoms with Crippen LogP contribution < -0.4 is 10.6 Å². The number of halogens is 2. The molecule has 0 aliphatic heterocycles. The molecule has 7 nitrogen and oxygen atoms in total. The van der Waals surface area contributed by atoms with Gasteiger partial charge in [-0.15, -0.1) is 0 Å². The maximum absolute atomic E-state index is 14.2. The zero-order valence-corrected chi connectivity index (χ0v) is 19.5. The van der Waals surface area contributed by atoms with Crippen molar-refractivity contribution in [1.29, 1.82) is 0 Å². The Bertz CT molecular complexity index is 1090. The zero-order chi connectivity index (χ0) is 25.3. The Morgan fingerprint density at radius 3 is 2.03 bits per heavy atom. The van der Waals surface area contributed by atoms with E-state index in [1.807, 2.05) is 48.5 Å². The van der Waals surface area contributed by atoms with Crippen molar-refractivity contribution in [3.05, 3.63) is 59.7 Å². The van der Waals surface area contributed by atoms with Gasteiger partial charge in [0.05, 0.1) is 0 Å². The highest BCUT2D eigenvalue weighted by Gasteiger charge is 2.55. The molecule has 2 aromatic carbocycles. The molecule has 4 rings (SSSR count). The van der Waals surface area contributed by atoms with Gasteiger partial charge in [0.25, 0.3) is 0 Å². The molecule has 186 valence electrons. The van der Waals surface area contributed by atoms with E-state index in [1.54, 1.807) is 13.8 Å². The largest absolute Gasteiger partial charge is 0.477 e. The molecule has 0 saturated heterocycles. The molecular formula is C26H28F2N2O5. The second-order valence-electron chi connectivity index (χ2n) is 9.44. The van der Waals surface area contributed by atoms with Crippen molar-refractivity contribution in [2.75, 3.05) is 6.61 Å². The van der Waals surface area contributed by atoms with Crippen LogP contribution >= 0.6 is 0 Å². The number of aliphatic carboxylic acids is 1. The third-order valence-corrected chi connectivity index (χ3v) is 6.63. The molecule has 9 heteroatoms. The molecule has 1 fully saturated rings. The molecule has 2 aliphatic carbocycles. The topological polar surface area (TPSA) is 105 Å². The summed E-state index contributed by atoms with van der Waals surface area (Å²) in [7, 11) is 0. The van der Waals surface area contributed by atoms with Gasteiger partial charge >= 0.3 is 18.0 Å². The van der Waals surface area contributed by atoms with Crippen LogP contribution in [0.15, 0.2) is 48.5 Å². The number of carboxylic acids is 1. The zero-order valence-electron chi connectivity index (χ0n) is 19.5. The first-order valence-electron chi connectivity index (χ1n) is 11.6. The quantitative estimate of drug-likeness (QED) is 0.494. The van der Waals surface area contributed by atoms with Gasteiger partial charge in [-0.2, -0.15) is 8.78 Å². The first kappa shape index (κ1) is 24.6. The maximum atomic E-state index is 14.2. The monoisotopic (exact) mass is 486 g/mol. The van der Waals surface area contributed by atoms with Crippen LogP contribution in [0.5, 0.6) is 0 Å². The Hall–Kier alpha value is -3.49. The number of fused-ring (bicyclic) bond motifs is 3. The molecule has 2 atom stereocenters. The van der Waals surface area contributed by atoms with Gasteiger partial charge < -0.3 is 20.5 Å². The van der Waals surface area contributed by atoms with Crippen LogP contribution in [0, 0.1) is 11.8 Å². The van der Waals surface area contributed by atoms with Gasteiger partial charge in [0, 0.05) is 5.92 Å². The molecule has 0 aromatic heterocycles. The highest BCUT2D eigenvalue weighted by atomic mass is 19.3. The van der Waals surface area contributed by atoms with Gasteiger partial charge in [-0.25, -0.2) is 9.59 Å². The molecule has 2 amide bonds. The number of hydrogen-bond donors (Lipinski definition) is 3. The normalized spacial score (nSPS) is 16.7. The Morgan fingerprint density at radius 1 is 1.00 bits per heavy atom. The molecule has 35 heavy (non-hydrogen) atoms. The SMILES string of the molecule is CC(C)C(NC(=O)OCC1c2ccccc2-c2ccccc21)C(=O)NC(C1CC1)C(F)(F)C(=O)O. The van der Waals surface area contributed by atoms with Gasteiger partial charge in [0.15, 0.2) is 0 Å². The van der Waals surface area contributed by atoms with Crippen molar-refractivity contribution >= 4 is 18.0 Å². The lowest BCUT2D eigenvalue weighted by molar-refractivity contribution is -0.171. The lowest BCUT2D eigenvalue weighted by Crippen LogP contribution is -2.58. The van der Waals surface area contributed by atoms with E-state index < -0.39 is 47.8 Å². The van der Waals surface area contributed by atoms with E-state index in [0.29, 0.717) is 12.8 Å². The summed E-state index contributed by atoms with van der Waals surface area (Å²) in [5.74, 6) is -8.51. The first-order chi connectivity index (χ1) is 16.6. The molecule has 2 unspecified atom stereocenters. The van der Waals surface area contributed by atoms with Crippen LogP contribution in [0.1, 0.15) is 43.7 Å². The minimum atomic E-state index is -4.11. The van der Waals surface area contributed by atoms with Crippen LogP contribution in [0.4, 0.5) is 13.6 Å². The summed E-state index contributed by atoms with van der Waals surface area (Å²) in [6.45, 7) is 3.33. The predicted molar refractivity (Wildman–Crippen MR) is 124 cm³/mol. The van der Waals surface area contributed by atoms with E-state index in [1.165, 1.54) is 0 Å². The van der Waals surface area contributed by atoms with Crippen LogP contribution in [0.2, 0.25) is 0 Å². The molecule has 0 bridgehead atoms. The fraction of sp³-hybridized carbons (Fsp3) is 0.423. The summed E-state index contributed by atoms with van der Waals surface area (Å²) in [5.41, 5.74) is 4.20. The summed E-state index contributed by atoms with van der Waals surface area (Å²) < 4.78 is 33.9. The number of benzene rings is 2. The van der Waals surface area contributed by atoms with Crippen molar-refractivity contribution in [2.45, 2.75) is 50.6 Å². The second kappa shape index (κ2) is 9.64. The number of rotatable bonds is 9. The van der Waals surface area contributed by atoms with Crippen molar-refractivity contribution in [2.24, 2.45) is 11.8 Å². The van der Waals surface area contributed by atoms with Crippen molar-refractivity contribution < 1.29 is 33.0 Å². The minimum absolute atomic E-state index is 0.0358. The fourth-order valence-electron chi connectivity index (χ4n) is 4.61. The predicted octanol–water partition coefficient (Wildman–Crippen LogP) is 4.16. The number of ether oxygens (including phenoxy) is 1. The molecule has 3 N–H and O–H groups in total. The van der Waals surface area contributed by atoms with E-state index >= 15 is 0 Å². The molecule has 0 heterocycles. The van der Waals surface area contributed by atoms with Crippen molar-refractivity contribution in [3.8, 4) is 11.1 Å². The molecular weight excluding hydrogens is 458 g/mol. The molecule has 2 aromatic rings.